The lowest BCUT2D eigenvalue weighted by atomic mass is 9.79. The molecule has 114 valence electrons. The predicted molar refractivity (Wildman–Crippen MR) is 91.9 cm³/mol. The van der Waals surface area contributed by atoms with Crippen molar-refractivity contribution in [3.8, 4) is 11.3 Å². The Morgan fingerprint density at radius 1 is 1.00 bits per heavy atom. The average molecular weight is 298 g/mol. The molecule has 1 unspecified atom stereocenters. The van der Waals surface area contributed by atoms with Crippen LogP contribution in [-0.2, 0) is 12.7 Å². The molecule has 0 saturated heterocycles. The highest BCUT2D eigenvalue weighted by Crippen LogP contribution is 2.39. The number of aryl methyl sites for hydroxylation is 1. The van der Waals surface area contributed by atoms with Crippen LogP contribution in [0.1, 0.15) is 58.4 Å². The van der Waals surface area contributed by atoms with Gasteiger partial charge in [-0.05, 0) is 60.3 Å². The van der Waals surface area contributed by atoms with Crippen molar-refractivity contribution in [2.45, 2.75) is 51.7 Å². The first kappa shape index (κ1) is 8.29. The second-order valence-electron chi connectivity index (χ2n) is 6.36. The summed E-state index contributed by atoms with van der Waals surface area (Å²) in [4.78, 5) is 4.26. The average Bonchev–Trinajstić information content (AvgIpc) is 2.83. The number of benzene rings is 1. The number of fused-ring (bicyclic) bond motifs is 1. The molecule has 1 aromatic carbocycles. The van der Waals surface area contributed by atoms with Gasteiger partial charge in [-0.25, -0.2) is 0 Å². The molecule has 1 aromatic heterocycles. The van der Waals surface area contributed by atoms with E-state index in [9.17, 15) is 0 Å². The van der Waals surface area contributed by atoms with Gasteiger partial charge in [-0.2, -0.15) is 0 Å². The summed E-state index contributed by atoms with van der Waals surface area (Å²) in [5, 5.41) is 0. The second-order valence-corrected chi connectivity index (χ2v) is 6.36. The largest absolute Gasteiger partial charge is 0.256 e. The van der Waals surface area contributed by atoms with E-state index in [0.29, 0.717) is 22.4 Å². The van der Waals surface area contributed by atoms with Crippen molar-refractivity contribution in [2.24, 2.45) is 11.8 Å². The number of hydrogen-bond acceptors (Lipinski definition) is 1. The Kier molecular flexibility index (Phi) is 2.21. The summed E-state index contributed by atoms with van der Waals surface area (Å²) >= 11 is 0. The van der Waals surface area contributed by atoms with Gasteiger partial charge in [0.1, 0.15) is 0 Å². The van der Waals surface area contributed by atoms with Crippen LogP contribution in [0.5, 0.6) is 0 Å². The SMILES string of the molecule is [2H]C([2H])([2H])c1ccc(-c2ccc3c(c2)C([2H])([2H])C(C2CCCCC2)C3([2H])[2H])nc1. The van der Waals surface area contributed by atoms with Crippen molar-refractivity contribution in [1.29, 1.82) is 0 Å². The molecule has 2 aromatic rings. The highest BCUT2D eigenvalue weighted by molar-refractivity contribution is 5.61. The molecule has 1 fully saturated rings. The van der Waals surface area contributed by atoms with Gasteiger partial charge in [0.15, 0.2) is 0 Å². The first-order chi connectivity index (χ1) is 13.5. The van der Waals surface area contributed by atoms with Crippen LogP contribution in [0.15, 0.2) is 36.5 Å². The summed E-state index contributed by atoms with van der Waals surface area (Å²) in [7, 11) is 0. The van der Waals surface area contributed by atoms with E-state index in [0.717, 1.165) is 32.1 Å². The Morgan fingerprint density at radius 3 is 2.64 bits per heavy atom. The molecule has 1 heterocycles. The molecule has 0 amide bonds. The van der Waals surface area contributed by atoms with Crippen LogP contribution in [-0.4, -0.2) is 4.98 Å². The van der Waals surface area contributed by atoms with E-state index in [1.54, 1.807) is 24.3 Å². The van der Waals surface area contributed by atoms with E-state index in [2.05, 4.69) is 4.98 Å². The topological polar surface area (TPSA) is 12.9 Å². The lowest BCUT2D eigenvalue weighted by Gasteiger charge is -2.27. The van der Waals surface area contributed by atoms with E-state index in [4.69, 9.17) is 9.60 Å². The van der Waals surface area contributed by atoms with Crippen molar-refractivity contribution in [1.82, 2.24) is 4.98 Å². The molecule has 1 nitrogen and oxygen atoms in total. The smallest absolute Gasteiger partial charge is 0.0702 e. The fraction of sp³-hybridized carbons (Fsp3) is 0.476. The van der Waals surface area contributed by atoms with Crippen LogP contribution in [0.2, 0.25) is 0 Å². The molecule has 22 heavy (non-hydrogen) atoms. The van der Waals surface area contributed by atoms with Crippen LogP contribution in [0, 0.1) is 18.7 Å². The Bertz CT molecular complexity index is 896. The van der Waals surface area contributed by atoms with Gasteiger partial charge in [0.25, 0.3) is 0 Å². The number of hydrogen-bond donors (Lipinski definition) is 0. The van der Waals surface area contributed by atoms with Gasteiger partial charge < -0.3 is 0 Å². The van der Waals surface area contributed by atoms with Crippen molar-refractivity contribution < 1.29 is 9.60 Å². The van der Waals surface area contributed by atoms with E-state index in [1.807, 2.05) is 0 Å². The number of aromatic nitrogens is 1. The zero-order valence-electron chi connectivity index (χ0n) is 19.6. The Balaban J connectivity index is 1.73. The van der Waals surface area contributed by atoms with Crippen LogP contribution >= 0.6 is 0 Å². The molecule has 0 radical (unpaired) electrons. The summed E-state index contributed by atoms with van der Waals surface area (Å²) < 4.78 is 57.5. The molecule has 1 atom stereocenters. The molecule has 0 N–H and O–H groups in total. The predicted octanol–water partition coefficient (Wildman–Crippen LogP) is 5.35. The van der Waals surface area contributed by atoms with Crippen LogP contribution in [0.3, 0.4) is 0 Å². The molecule has 2 aliphatic carbocycles. The third-order valence-electron chi connectivity index (χ3n) is 4.82. The number of pyridine rings is 1. The molecule has 1 heteroatoms. The molecule has 1 saturated carbocycles. The fourth-order valence-corrected chi connectivity index (χ4v) is 3.59. The number of nitrogens with zero attached hydrogens (tertiary/aromatic N) is 1. The van der Waals surface area contributed by atoms with Crippen LogP contribution < -0.4 is 0 Å². The van der Waals surface area contributed by atoms with Crippen LogP contribution in [0.25, 0.3) is 11.3 Å². The van der Waals surface area contributed by atoms with Crippen molar-refractivity contribution >= 4 is 0 Å². The molecule has 2 aliphatic rings. The normalized spacial score (nSPS) is 31.6. The van der Waals surface area contributed by atoms with Crippen molar-refractivity contribution in [2.75, 3.05) is 0 Å². The first-order valence-corrected chi connectivity index (χ1v) is 8.15. The van der Waals surface area contributed by atoms with E-state index in [-0.39, 0.29) is 11.5 Å². The van der Waals surface area contributed by atoms with E-state index < -0.39 is 25.5 Å². The number of rotatable bonds is 2. The van der Waals surface area contributed by atoms with Gasteiger partial charge in [-0.15, -0.1) is 0 Å². The third kappa shape index (κ3) is 2.69. The Morgan fingerprint density at radius 2 is 1.86 bits per heavy atom. The van der Waals surface area contributed by atoms with E-state index in [1.165, 1.54) is 12.3 Å². The maximum atomic E-state index is 8.82. The van der Waals surface area contributed by atoms with E-state index >= 15 is 0 Å². The third-order valence-corrected chi connectivity index (χ3v) is 4.82. The maximum Gasteiger partial charge on any atom is 0.0702 e. The molecule has 0 bridgehead atoms. The molecule has 0 spiro atoms. The summed E-state index contributed by atoms with van der Waals surface area (Å²) in [6, 6.07) is 8.29. The minimum Gasteiger partial charge on any atom is -0.256 e. The van der Waals surface area contributed by atoms with Gasteiger partial charge >= 0.3 is 0 Å². The minimum absolute atomic E-state index is 0.0429. The first-order valence-electron chi connectivity index (χ1n) is 11.6. The van der Waals surface area contributed by atoms with Crippen molar-refractivity contribution in [3.05, 3.63) is 53.2 Å². The minimum atomic E-state index is -2.22. The molecule has 4 rings (SSSR count). The summed E-state index contributed by atoms with van der Waals surface area (Å²) in [6.45, 7) is -2.22. The van der Waals surface area contributed by atoms with Crippen LogP contribution in [0.4, 0.5) is 0 Å². The standard InChI is InChI=1S/C21H25N/c1-15-7-10-21(22-14-15)18-9-8-17-11-19(13-20(17)12-18)16-5-3-2-4-6-16/h7-10,12,14,16,19H,2-6,11,13H2,1H3/i1D3,11D2,13D2. The summed E-state index contributed by atoms with van der Waals surface area (Å²) in [5.41, 5.74) is 2.22. The highest BCUT2D eigenvalue weighted by Gasteiger charge is 2.29. The summed E-state index contributed by atoms with van der Waals surface area (Å²) in [5.74, 6) is -0.646. The van der Waals surface area contributed by atoms with Gasteiger partial charge in [-0.3, -0.25) is 4.98 Å². The quantitative estimate of drug-likeness (QED) is 0.728. The van der Waals surface area contributed by atoms with Gasteiger partial charge in [0.05, 0.1) is 5.69 Å². The summed E-state index contributed by atoms with van der Waals surface area (Å²) in [6.07, 6.45) is 2.83. The lowest BCUT2D eigenvalue weighted by molar-refractivity contribution is 0.255. The zero-order valence-corrected chi connectivity index (χ0v) is 12.6. The lowest BCUT2D eigenvalue weighted by Crippen LogP contribution is -2.18. The molecular weight excluding hydrogens is 266 g/mol. The highest BCUT2D eigenvalue weighted by atomic mass is 14.7. The zero-order chi connectivity index (χ0) is 21.0. The fourth-order valence-electron chi connectivity index (χ4n) is 3.59. The Labute approximate surface area is 143 Å². The van der Waals surface area contributed by atoms with Gasteiger partial charge in [0.2, 0.25) is 0 Å². The van der Waals surface area contributed by atoms with Crippen molar-refractivity contribution in [3.63, 3.8) is 0 Å². The van der Waals surface area contributed by atoms with Gasteiger partial charge in [-0.1, -0.05) is 50.3 Å². The maximum absolute atomic E-state index is 8.82. The van der Waals surface area contributed by atoms with Gasteiger partial charge in [0, 0.05) is 21.4 Å². The molecular formula is C21H25N. The Hall–Kier alpha value is -1.63. The molecule has 0 aliphatic heterocycles. The monoisotopic (exact) mass is 298 g/mol. The second kappa shape index (κ2) is 5.87.